The standard InChI is InChI=1S/C13H18BrNOS/c1-2-5-15-13(10-4-3-6-16-8-10)12-7-11(14)9-17-12/h7-9,13,15H,2-6H2,1H3. The molecule has 0 amide bonds. The summed E-state index contributed by atoms with van der Waals surface area (Å²) in [5.74, 6) is 0. The smallest absolute Gasteiger partial charge is 0.0876 e. The lowest BCUT2D eigenvalue weighted by molar-refractivity contribution is 0.219. The highest BCUT2D eigenvalue weighted by Gasteiger charge is 2.19. The number of hydrogen-bond acceptors (Lipinski definition) is 3. The molecule has 1 aliphatic heterocycles. The van der Waals surface area contributed by atoms with Crippen molar-refractivity contribution < 1.29 is 4.74 Å². The minimum Gasteiger partial charge on any atom is -0.501 e. The summed E-state index contributed by atoms with van der Waals surface area (Å²) in [6.45, 7) is 4.09. The minimum atomic E-state index is 0.326. The summed E-state index contributed by atoms with van der Waals surface area (Å²) in [6, 6.07) is 2.53. The third-order valence-electron chi connectivity index (χ3n) is 2.80. The van der Waals surface area contributed by atoms with E-state index >= 15 is 0 Å². The average molecular weight is 316 g/mol. The van der Waals surface area contributed by atoms with Gasteiger partial charge in [-0.25, -0.2) is 0 Å². The molecule has 0 spiro atoms. The molecule has 4 heteroatoms. The van der Waals surface area contributed by atoms with Gasteiger partial charge in [-0.1, -0.05) is 6.92 Å². The summed E-state index contributed by atoms with van der Waals surface area (Å²) in [4.78, 5) is 1.36. The van der Waals surface area contributed by atoms with Crippen LogP contribution in [0.4, 0.5) is 0 Å². The molecule has 2 heterocycles. The fourth-order valence-corrected chi connectivity index (χ4v) is 3.54. The van der Waals surface area contributed by atoms with Crippen molar-refractivity contribution in [1.29, 1.82) is 0 Å². The number of rotatable bonds is 5. The Morgan fingerprint density at radius 3 is 3.06 bits per heavy atom. The quantitative estimate of drug-likeness (QED) is 0.877. The molecule has 17 heavy (non-hydrogen) atoms. The molecule has 2 nitrogen and oxygen atoms in total. The van der Waals surface area contributed by atoms with Crippen LogP contribution >= 0.6 is 27.3 Å². The van der Waals surface area contributed by atoms with Gasteiger partial charge < -0.3 is 10.1 Å². The van der Waals surface area contributed by atoms with Crippen molar-refractivity contribution in [1.82, 2.24) is 5.32 Å². The molecule has 1 atom stereocenters. The Kier molecular flexibility index (Phi) is 5.07. The Morgan fingerprint density at radius 2 is 2.47 bits per heavy atom. The zero-order valence-corrected chi connectivity index (χ0v) is 12.4. The number of halogens is 1. The monoisotopic (exact) mass is 315 g/mol. The highest BCUT2D eigenvalue weighted by atomic mass is 79.9. The second-order valence-corrected chi connectivity index (χ2v) is 6.08. The van der Waals surface area contributed by atoms with Crippen LogP contribution in [0.15, 0.2) is 27.8 Å². The Bertz CT molecular complexity index is 389. The lowest BCUT2D eigenvalue weighted by atomic mass is 10.0. The largest absolute Gasteiger partial charge is 0.501 e. The van der Waals surface area contributed by atoms with Crippen LogP contribution in [0.2, 0.25) is 0 Å². The molecular weight excluding hydrogens is 298 g/mol. The first-order chi connectivity index (χ1) is 8.31. The molecule has 0 aliphatic carbocycles. The third-order valence-corrected chi connectivity index (χ3v) is 4.56. The molecule has 1 N–H and O–H groups in total. The molecule has 2 rings (SSSR count). The summed E-state index contributed by atoms with van der Waals surface area (Å²) >= 11 is 5.32. The van der Waals surface area contributed by atoms with E-state index in [0.29, 0.717) is 6.04 Å². The van der Waals surface area contributed by atoms with Gasteiger partial charge in [-0.05, 0) is 53.4 Å². The van der Waals surface area contributed by atoms with Crippen LogP contribution in [0.25, 0.3) is 0 Å². The molecule has 1 aromatic rings. The predicted molar refractivity (Wildman–Crippen MR) is 76.3 cm³/mol. The molecule has 0 radical (unpaired) electrons. The Morgan fingerprint density at radius 1 is 1.59 bits per heavy atom. The van der Waals surface area contributed by atoms with E-state index in [1.54, 1.807) is 11.3 Å². The molecule has 1 aromatic heterocycles. The zero-order chi connectivity index (χ0) is 12.1. The first-order valence-corrected chi connectivity index (χ1v) is 7.76. The zero-order valence-electron chi connectivity index (χ0n) is 10.0. The fourth-order valence-electron chi connectivity index (χ4n) is 1.98. The van der Waals surface area contributed by atoms with Gasteiger partial charge in [-0.3, -0.25) is 0 Å². The number of thiophene rings is 1. The summed E-state index contributed by atoms with van der Waals surface area (Å²) in [5, 5.41) is 5.75. The van der Waals surface area contributed by atoms with Gasteiger partial charge in [0.2, 0.25) is 0 Å². The van der Waals surface area contributed by atoms with Gasteiger partial charge in [0.1, 0.15) is 0 Å². The fraction of sp³-hybridized carbons (Fsp3) is 0.538. The summed E-state index contributed by atoms with van der Waals surface area (Å²) in [6.07, 6.45) is 5.36. The van der Waals surface area contributed by atoms with Gasteiger partial charge in [-0.2, -0.15) is 0 Å². The molecule has 1 aliphatic rings. The maximum atomic E-state index is 5.46. The van der Waals surface area contributed by atoms with Gasteiger partial charge in [0.25, 0.3) is 0 Å². The van der Waals surface area contributed by atoms with Crippen molar-refractivity contribution in [3.63, 3.8) is 0 Å². The van der Waals surface area contributed by atoms with E-state index in [-0.39, 0.29) is 0 Å². The van der Waals surface area contributed by atoms with Crippen molar-refractivity contribution >= 4 is 27.3 Å². The van der Waals surface area contributed by atoms with E-state index in [9.17, 15) is 0 Å². The lowest BCUT2D eigenvalue weighted by Gasteiger charge is -2.23. The van der Waals surface area contributed by atoms with E-state index in [2.05, 4.69) is 39.6 Å². The molecule has 0 aromatic carbocycles. The second-order valence-electron chi connectivity index (χ2n) is 4.22. The predicted octanol–water partition coefficient (Wildman–Crippen LogP) is 4.25. The van der Waals surface area contributed by atoms with Gasteiger partial charge in [0.05, 0.1) is 18.9 Å². The van der Waals surface area contributed by atoms with Crippen LogP contribution in [-0.4, -0.2) is 13.2 Å². The van der Waals surface area contributed by atoms with Crippen LogP contribution in [0.3, 0.4) is 0 Å². The van der Waals surface area contributed by atoms with Crippen molar-refractivity contribution in [3.8, 4) is 0 Å². The van der Waals surface area contributed by atoms with E-state index in [0.717, 1.165) is 36.9 Å². The SMILES string of the molecule is CCCNC(C1=COCCC1)c1cc(Br)cs1. The normalized spacial score (nSPS) is 17.4. The van der Waals surface area contributed by atoms with Gasteiger partial charge in [0.15, 0.2) is 0 Å². The molecule has 1 unspecified atom stereocenters. The van der Waals surface area contributed by atoms with Gasteiger partial charge in [-0.15, -0.1) is 11.3 Å². The minimum absolute atomic E-state index is 0.326. The molecule has 0 fully saturated rings. The molecule has 0 saturated heterocycles. The Labute approximate surface area is 115 Å². The van der Waals surface area contributed by atoms with Crippen LogP contribution in [0, 0.1) is 0 Å². The van der Waals surface area contributed by atoms with Gasteiger partial charge >= 0.3 is 0 Å². The Hall–Kier alpha value is -0.320. The molecule has 94 valence electrons. The number of ether oxygens (including phenoxy) is 1. The van der Waals surface area contributed by atoms with Crippen molar-refractivity contribution in [2.24, 2.45) is 0 Å². The highest BCUT2D eigenvalue weighted by molar-refractivity contribution is 9.10. The van der Waals surface area contributed by atoms with Crippen LogP contribution < -0.4 is 5.32 Å². The summed E-state index contributed by atoms with van der Waals surface area (Å²) in [5.41, 5.74) is 1.37. The lowest BCUT2D eigenvalue weighted by Crippen LogP contribution is -2.24. The van der Waals surface area contributed by atoms with Gasteiger partial charge in [0, 0.05) is 14.7 Å². The summed E-state index contributed by atoms with van der Waals surface area (Å²) < 4.78 is 6.63. The van der Waals surface area contributed by atoms with E-state index in [1.807, 2.05) is 6.26 Å². The Balaban J connectivity index is 2.15. The van der Waals surface area contributed by atoms with E-state index in [1.165, 1.54) is 10.5 Å². The highest BCUT2D eigenvalue weighted by Crippen LogP contribution is 2.33. The maximum Gasteiger partial charge on any atom is 0.0876 e. The van der Waals surface area contributed by atoms with Crippen molar-refractivity contribution in [2.75, 3.05) is 13.2 Å². The third kappa shape index (κ3) is 3.57. The van der Waals surface area contributed by atoms with E-state index in [4.69, 9.17) is 4.74 Å². The number of nitrogens with one attached hydrogen (secondary N) is 1. The van der Waals surface area contributed by atoms with Crippen LogP contribution in [-0.2, 0) is 4.74 Å². The first kappa shape index (κ1) is 13.1. The average Bonchev–Trinajstić information content (AvgIpc) is 2.78. The molecule has 0 saturated carbocycles. The first-order valence-electron chi connectivity index (χ1n) is 6.09. The summed E-state index contributed by atoms with van der Waals surface area (Å²) in [7, 11) is 0. The van der Waals surface area contributed by atoms with Crippen molar-refractivity contribution in [2.45, 2.75) is 32.2 Å². The topological polar surface area (TPSA) is 21.3 Å². The molecule has 0 bridgehead atoms. The number of hydrogen-bond donors (Lipinski definition) is 1. The van der Waals surface area contributed by atoms with Crippen LogP contribution in [0.5, 0.6) is 0 Å². The van der Waals surface area contributed by atoms with Crippen LogP contribution in [0.1, 0.15) is 37.1 Å². The second kappa shape index (κ2) is 6.57. The van der Waals surface area contributed by atoms with E-state index < -0.39 is 0 Å². The maximum absolute atomic E-state index is 5.46. The van der Waals surface area contributed by atoms with Crippen molar-refractivity contribution in [3.05, 3.63) is 32.6 Å². The molecular formula is C13H18BrNOS.